The highest BCUT2D eigenvalue weighted by Crippen LogP contribution is 2.25. The number of alkyl halides is 1. The Bertz CT molecular complexity index is 317. The van der Waals surface area contributed by atoms with Gasteiger partial charge in [-0.1, -0.05) is 18.5 Å². The van der Waals surface area contributed by atoms with E-state index in [2.05, 4.69) is 24.1 Å². The Morgan fingerprint density at radius 3 is 2.80 bits per heavy atom. The number of pyridine rings is 1. The van der Waals surface area contributed by atoms with Gasteiger partial charge in [0.25, 0.3) is 0 Å². The molecule has 0 aliphatic rings. The van der Waals surface area contributed by atoms with Gasteiger partial charge < -0.3 is 5.32 Å². The molecule has 1 rings (SSSR count). The maximum atomic E-state index is 6.03. The first-order valence-electron chi connectivity index (χ1n) is 5.06. The van der Waals surface area contributed by atoms with Gasteiger partial charge in [0, 0.05) is 17.6 Å². The van der Waals surface area contributed by atoms with Gasteiger partial charge in [-0.15, -0.1) is 11.6 Å². The number of aromatic nitrogens is 1. The molecule has 1 heterocycles. The van der Waals surface area contributed by atoms with Crippen molar-refractivity contribution < 1.29 is 0 Å². The molecule has 1 atom stereocenters. The van der Waals surface area contributed by atoms with Crippen molar-refractivity contribution in [3.8, 4) is 0 Å². The molecule has 0 radical (unpaired) electrons. The molecule has 4 heteroatoms. The lowest BCUT2D eigenvalue weighted by molar-refractivity contribution is 0.479. The lowest BCUT2D eigenvalue weighted by Gasteiger charge is -2.29. The smallest absolute Gasteiger partial charge is 0.145 e. The lowest BCUT2D eigenvalue weighted by atomic mass is 9.95. The van der Waals surface area contributed by atoms with Crippen LogP contribution in [0.4, 0.5) is 5.82 Å². The molecule has 0 aliphatic carbocycles. The van der Waals surface area contributed by atoms with Gasteiger partial charge in [0.15, 0.2) is 0 Å². The molecule has 0 saturated heterocycles. The first-order chi connectivity index (χ1) is 7.11. The van der Waals surface area contributed by atoms with Gasteiger partial charge >= 0.3 is 0 Å². The zero-order valence-corrected chi connectivity index (χ0v) is 10.6. The fourth-order valence-electron chi connectivity index (χ4n) is 1.30. The second kappa shape index (κ2) is 5.57. The van der Waals surface area contributed by atoms with Crippen molar-refractivity contribution >= 4 is 29.0 Å². The van der Waals surface area contributed by atoms with Crippen molar-refractivity contribution in [2.24, 2.45) is 0 Å². The van der Waals surface area contributed by atoms with Crippen LogP contribution in [0.1, 0.15) is 26.7 Å². The third-order valence-electron chi connectivity index (χ3n) is 2.61. The molecule has 1 aromatic rings. The summed E-state index contributed by atoms with van der Waals surface area (Å²) < 4.78 is 0. The van der Waals surface area contributed by atoms with E-state index in [0.717, 1.165) is 18.7 Å². The molecule has 15 heavy (non-hydrogen) atoms. The Morgan fingerprint density at radius 2 is 2.27 bits per heavy atom. The summed E-state index contributed by atoms with van der Waals surface area (Å²) in [6, 6.07) is 3.64. The van der Waals surface area contributed by atoms with Gasteiger partial charge in [0.1, 0.15) is 5.82 Å². The highest BCUT2D eigenvalue weighted by molar-refractivity contribution is 6.32. The lowest BCUT2D eigenvalue weighted by Crippen LogP contribution is -2.34. The fraction of sp³-hybridized carbons (Fsp3) is 0.545. The van der Waals surface area contributed by atoms with E-state index in [1.807, 2.05) is 12.1 Å². The Balaban J connectivity index is 2.79. The number of halogens is 2. The van der Waals surface area contributed by atoms with Crippen LogP contribution < -0.4 is 5.32 Å². The minimum atomic E-state index is -0.0419. The third-order valence-corrected chi connectivity index (χ3v) is 3.10. The summed E-state index contributed by atoms with van der Waals surface area (Å²) in [6.07, 6.45) is 3.59. The first-order valence-corrected chi connectivity index (χ1v) is 5.97. The van der Waals surface area contributed by atoms with Gasteiger partial charge in [-0.05, 0) is 31.9 Å². The van der Waals surface area contributed by atoms with Crippen LogP contribution in [0.3, 0.4) is 0 Å². The van der Waals surface area contributed by atoms with Crippen LogP contribution in [0.15, 0.2) is 18.3 Å². The Labute approximate surface area is 101 Å². The summed E-state index contributed by atoms with van der Waals surface area (Å²) in [6.45, 7) is 4.25. The molecule has 0 saturated carbocycles. The molecule has 1 N–H and O–H groups in total. The molecule has 0 bridgehead atoms. The van der Waals surface area contributed by atoms with E-state index >= 15 is 0 Å². The van der Waals surface area contributed by atoms with E-state index in [4.69, 9.17) is 23.2 Å². The van der Waals surface area contributed by atoms with Crippen molar-refractivity contribution in [1.82, 2.24) is 4.98 Å². The van der Waals surface area contributed by atoms with Crippen molar-refractivity contribution in [3.05, 3.63) is 23.4 Å². The number of hydrogen-bond donors (Lipinski definition) is 1. The van der Waals surface area contributed by atoms with Gasteiger partial charge in [0.2, 0.25) is 0 Å². The minimum Gasteiger partial charge on any atom is -0.364 e. The summed E-state index contributed by atoms with van der Waals surface area (Å²) in [5, 5.41) is 3.99. The summed E-state index contributed by atoms with van der Waals surface area (Å²) in [4.78, 5) is 4.21. The number of anilines is 1. The van der Waals surface area contributed by atoms with Crippen molar-refractivity contribution in [2.45, 2.75) is 32.2 Å². The van der Waals surface area contributed by atoms with Crippen LogP contribution in [0.25, 0.3) is 0 Å². The molecule has 1 aromatic heterocycles. The fourth-order valence-corrected chi connectivity index (χ4v) is 1.89. The molecule has 84 valence electrons. The number of nitrogens with zero attached hydrogens (tertiary/aromatic N) is 1. The second-order valence-electron chi connectivity index (χ2n) is 3.81. The van der Waals surface area contributed by atoms with Crippen molar-refractivity contribution in [2.75, 3.05) is 11.2 Å². The second-order valence-corrected chi connectivity index (χ2v) is 4.60. The maximum absolute atomic E-state index is 6.03. The molecule has 0 aliphatic heterocycles. The average molecular weight is 247 g/mol. The number of nitrogens with one attached hydrogen (secondary N) is 1. The first kappa shape index (κ1) is 12.6. The van der Waals surface area contributed by atoms with Crippen molar-refractivity contribution in [1.29, 1.82) is 0 Å². The summed E-state index contributed by atoms with van der Waals surface area (Å²) in [5.41, 5.74) is -0.0419. The monoisotopic (exact) mass is 246 g/mol. The average Bonchev–Trinajstić information content (AvgIpc) is 2.22. The van der Waals surface area contributed by atoms with E-state index in [0.29, 0.717) is 10.9 Å². The summed E-state index contributed by atoms with van der Waals surface area (Å²) >= 11 is 11.8. The zero-order chi connectivity index (χ0) is 11.3. The Kier molecular flexibility index (Phi) is 4.68. The largest absolute Gasteiger partial charge is 0.364 e. The molecule has 0 amide bonds. The maximum Gasteiger partial charge on any atom is 0.145 e. The van der Waals surface area contributed by atoms with Gasteiger partial charge in [-0.25, -0.2) is 4.98 Å². The highest BCUT2D eigenvalue weighted by atomic mass is 35.5. The van der Waals surface area contributed by atoms with E-state index < -0.39 is 0 Å². The highest BCUT2D eigenvalue weighted by Gasteiger charge is 2.22. The molecular weight excluding hydrogens is 231 g/mol. The predicted molar refractivity (Wildman–Crippen MR) is 66.9 cm³/mol. The van der Waals surface area contributed by atoms with Crippen LogP contribution >= 0.6 is 23.2 Å². The van der Waals surface area contributed by atoms with E-state index in [1.54, 1.807) is 6.20 Å². The van der Waals surface area contributed by atoms with Gasteiger partial charge in [-0.3, -0.25) is 0 Å². The number of rotatable bonds is 5. The molecule has 2 nitrogen and oxygen atoms in total. The van der Waals surface area contributed by atoms with Crippen LogP contribution in [-0.4, -0.2) is 16.4 Å². The summed E-state index contributed by atoms with van der Waals surface area (Å²) in [7, 11) is 0. The Hall–Kier alpha value is -0.470. The standard InChI is InChI=1S/C11H16Cl2N2/c1-3-11(2,6-7-12)15-10-9(13)5-4-8-14-10/h4-5,8H,3,6-7H2,1-2H3,(H,14,15). The van der Waals surface area contributed by atoms with Crippen molar-refractivity contribution in [3.63, 3.8) is 0 Å². The molecule has 1 unspecified atom stereocenters. The van der Waals surface area contributed by atoms with E-state index in [-0.39, 0.29) is 5.54 Å². The normalized spacial score (nSPS) is 14.7. The van der Waals surface area contributed by atoms with E-state index in [1.165, 1.54) is 0 Å². The minimum absolute atomic E-state index is 0.0419. The number of hydrogen-bond acceptors (Lipinski definition) is 2. The summed E-state index contributed by atoms with van der Waals surface area (Å²) in [5.74, 6) is 1.36. The quantitative estimate of drug-likeness (QED) is 0.797. The van der Waals surface area contributed by atoms with Crippen LogP contribution in [-0.2, 0) is 0 Å². The predicted octanol–water partition coefficient (Wildman–Crippen LogP) is 3.94. The molecule has 0 spiro atoms. The molecular formula is C11H16Cl2N2. The molecule has 0 aromatic carbocycles. The van der Waals surface area contributed by atoms with Crippen LogP contribution in [0.5, 0.6) is 0 Å². The SMILES string of the molecule is CCC(C)(CCCl)Nc1ncccc1Cl. The third kappa shape index (κ3) is 3.54. The topological polar surface area (TPSA) is 24.9 Å². The van der Waals surface area contributed by atoms with E-state index in [9.17, 15) is 0 Å². The van der Waals surface area contributed by atoms with Gasteiger partial charge in [-0.2, -0.15) is 0 Å². The van der Waals surface area contributed by atoms with Gasteiger partial charge in [0.05, 0.1) is 5.02 Å². The zero-order valence-electron chi connectivity index (χ0n) is 9.06. The Morgan fingerprint density at radius 1 is 1.53 bits per heavy atom. The van der Waals surface area contributed by atoms with Crippen LogP contribution in [0, 0.1) is 0 Å². The van der Waals surface area contributed by atoms with Crippen LogP contribution in [0.2, 0.25) is 5.02 Å². The molecule has 0 fully saturated rings.